The zero-order chi connectivity index (χ0) is 37.1. The minimum atomic E-state index is -2.51. The van der Waals surface area contributed by atoms with Crippen LogP contribution in [0.4, 0.5) is 4.39 Å². The molecule has 0 amide bonds. The number of rotatable bonds is 10. The van der Waals surface area contributed by atoms with E-state index < -0.39 is 8.07 Å². The highest BCUT2D eigenvalue weighted by molar-refractivity contribution is 6.99. The Morgan fingerprint density at radius 3 is 1.75 bits per heavy atom. The van der Waals surface area contributed by atoms with E-state index in [2.05, 4.69) is 102 Å². The van der Waals surface area contributed by atoms with Crippen LogP contribution in [0.2, 0.25) is 13.1 Å². The van der Waals surface area contributed by atoms with Crippen molar-refractivity contribution in [1.82, 2.24) is 24.1 Å². The highest BCUT2D eigenvalue weighted by Gasteiger charge is 2.33. The van der Waals surface area contributed by atoms with Gasteiger partial charge in [-0.1, -0.05) is 72.0 Å². The summed E-state index contributed by atoms with van der Waals surface area (Å²) in [5, 5.41) is 5.19. The van der Waals surface area contributed by atoms with E-state index in [0.717, 1.165) is 73.4 Å². The third-order valence-corrected chi connectivity index (χ3v) is 13.8. The third kappa shape index (κ3) is 6.36. The second-order valence-corrected chi connectivity index (χ2v) is 20.5. The summed E-state index contributed by atoms with van der Waals surface area (Å²) < 4.78 is 20.9. The molecule has 0 saturated carbocycles. The van der Waals surface area contributed by atoms with Crippen molar-refractivity contribution < 1.29 is 4.39 Å². The molecule has 0 bridgehead atoms. The summed E-state index contributed by atoms with van der Waals surface area (Å²) in [5.41, 5.74) is 15.5. The van der Waals surface area contributed by atoms with Gasteiger partial charge in [0.2, 0.25) is 5.95 Å². The molecule has 2 aromatic carbocycles. The molecule has 0 radical (unpaired) electrons. The van der Waals surface area contributed by atoms with Gasteiger partial charge in [-0.3, -0.25) is 19.5 Å². The van der Waals surface area contributed by atoms with E-state index >= 15 is 4.39 Å². The first kappa shape index (κ1) is 35.7. The first-order valence-electron chi connectivity index (χ1n) is 18.6. The molecule has 0 fully saturated rings. The van der Waals surface area contributed by atoms with Gasteiger partial charge in [-0.05, 0) is 92.1 Å². The SMILES string of the molecule is Cc1cccc(-n2c(F)c(C(C)C(N)CC(C)C)c3cc([Si](C)(C)c4cc5c6cc(CC(C)C)ncc6n(-c6cccc(C)c6)c5cn4)ncc32)c1. The lowest BCUT2D eigenvalue weighted by Gasteiger charge is -2.23. The first-order valence-corrected chi connectivity index (χ1v) is 21.6. The molecule has 7 aromatic rings. The molecule has 0 aliphatic heterocycles. The topological polar surface area (TPSA) is 74.6 Å². The van der Waals surface area contributed by atoms with Crippen LogP contribution in [-0.2, 0) is 6.42 Å². The molecule has 268 valence electrons. The standard InChI is InChI=1S/C44H51FN6Si/c1-26(2)16-31-20-34-35-21-41(48-24-39(35)50(38(34)23-47-31)32-14-10-12-28(5)18-32)52(8,9)42-22-36-40(25-49-42)51(33-15-11-13-29(6)19-33)44(45)43(36)30(7)37(46)17-27(3)4/h10-15,18-27,30,37H,16-17,46H2,1-9H3. The third-order valence-electron chi connectivity index (χ3n) is 10.7. The normalized spacial score (nSPS) is 13.6. The molecular formula is C44H51FN6Si. The zero-order valence-corrected chi connectivity index (χ0v) is 33.0. The van der Waals surface area contributed by atoms with E-state index in [9.17, 15) is 0 Å². The van der Waals surface area contributed by atoms with Gasteiger partial charge in [0.25, 0.3) is 0 Å². The van der Waals surface area contributed by atoms with Crippen LogP contribution in [0.1, 0.15) is 69.3 Å². The fourth-order valence-corrected chi connectivity index (χ4v) is 9.89. The molecule has 5 heterocycles. The van der Waals surface area contributed by atoms with Gasteiger partial charge in [0.15, 0.2) is 8.07 Å². The fraction of sp³-hybridized carbons (Fsp3) is 0.341. The van der Waals surface area contributed by atoms with Gasteiger partial charge < -0.3 is 10.3 Å². The van der Waals surface area contributed by atoms with Crippen LogP contribution in [0.15, 0.2) is 85.3 Å². The quantitative estimate of drug-likeness (QED) is 0.144. The smallest absolute Gasteiger partial charge is 0.202 e. The Balaban J connectivity index is 1.42. The van der Waals surface area contributed by atoms with E-state index in [1.807, 2.05) is 49.8 Å². The van der Waals surface area contributed by atoms with Crippen LogP contribution in [0.5, 0.6) is 0 Å². The average molecular weight is 711 g/mol. The molecule has 0 saturated heterocycles. The first-order chi connectivity index (χ1) is 24.7. The molecule has 8 heteroatoms. The Kier molecular flexibility index (Phi) is 9.42. The van der Waals surface area contributed by atoms with Crippen LogP contribution < -0.4 is 16.4 Å². The number of aromatic nitrogens is 5. The van der Waals surface area contributed by atoms with Crippen LogP contribution in [0.25, 0.3) is 44.1 Å². The van der Waals surface area contributed by atoms with Crippen molar-refractivity contribution in [1.29, 1.82) is 0 Å². The number of fused-ring (bicyclic) bond motifs is 4. The van der Waals surface area contributed by atoms with Gasteiger partial charge in [-0.2, -0.15) is 4.39 Å². The number of halogens is 1. The molecular weight excluding hydrogens is 660 g/mol. The number of pyridine rings is 3. The summed E-state index contributed by atoms with van der Waals surface area (Å²) in [7, 11) is -2.51. The lowest BCUT2D eigenvalue weighted by atomic mass is 9.88. The van der Waals surface area contributed by atoms with Gasteiger partial charge in [0.1, 0.15) is 0 Å². The maximum absolute atomic E-state index is 16.9. The number of hydrogen-bond donors (Lipinski definition) is 1. The lowest BCUT2D eigenvalue weighted by molar-refractivity contribution is 0.435. The largest absolute Gasteiger partial charge is 0.327 e. The summed E-state index contributed by atoms with van der Waals surface area (Å²) in [6, 6.07) is 23.1. The predicted octanol–water partition coefficient (Wildman–Crippen LogP) is 9.17. The van der Waals surface area contributed by atoms with Crippen LogP contribution in [0, 0.1) is 31.6 Å². The number of aryl methyl sites for hydroxylation is 2. The monoisotopic (exact) mass is 710 g/mol. The van der Waals surface area contributed by atoms with Crippen LogP contribution >= 0.6 is 0 Å². The summed E-state index contributed by atoms with van der Waals surface area (Å²) in [4.78, 5) is 15.2. The zero-order valence-electron chi connectivity index (χ0n) is 32.0. The van der Waals surface area contributed by atoms with Crippen molar-refractivity contribution in [2.24, 2.45) is 17.6 Å². The fourth-order valence-electron chi connectivity index (χ4n) is 7.84. The second-order valence-electron chi connectivity index (χ2n) is 16.2. The molecule has 2 atom stereocenters. The summed E-state index contributed by atoms with van der Waals surface area (Å²) in [6.07, 6.45) is 7.63. The molecule has 0 aliphatic carbocycles. The van der Waals surface area contributed by atoms with E-state index in [4.69, 9.17) is 20.7 Å². The Labute approximate surface area is 308 Å². The molecule has 0 aliphatic rings. The second kappa shape index (κ2) is 13.7. The van der Waals surface area contributed by atoms with Gasteiger partial charge in [-0.25, -0.2) is 0 Å². The number of nitrogens with two attached hydrogens (primary N) is 1. The number of benzene rings is 2. The predicted molar refractivity (Wildman–Crippen MR) is 218 cm³/mol. The minimum absolute atomic E-state index is 0.183. The Bertz CT molecular complexity index is 2440. The van der Waals surface area contributed by atoms with Gasteiger partial charge >= 0.3 is 0 Å². The van der Waals surface area contributed by atoms with Crippen molar-refractivity contribution in [2.75, 3.05) is 0 Å². The maximum atomic E-state index is 16.9. The molecule has 2 N–H and O–H groups in total. The van der Waals surface area contributed by atoms with Crippen LogP contribution in [0.3, 0.4) is 0 Å². The highest BCUT2D eigenvalue weighted by atomic mass is 28.3. The minimum Gasteiger partial charge on any atom is -0.327 e. The Hall–Kier alpha value is -4.66. The van der Waals surface area contributed by atoms with E-state index in [1.54, 1.807) is 4.57 Å². The molecule has 6 nitrogen and oxygen atoms in total. The van der Waals surface area contributed by atoms with Crippen molar-refractivity contribution in [3.63, 3.8) is 0 Å². The van der Waals surface area contributed by atoms with Crippen molar-refractivity contribution in [3.8, 4) is 11.4 Å². The van der Waals surface area contributed by atoms with Crippen molar-refractivity contribution in [3.05, 3.63) is 114 Å². The Morgan fingerprint density at radius 2 is 1.19 bits per heavy atom. The number of nitrogens with zero attached hydrogens (tertiary/aromatic N) is 5. The van der Waals surface area contributed by atoms with Gasteiger partial charge in [-0.15, -0.1) is 0 Å². The molecule has 2 unspecified atom stereocenters. The van der Waals surface area contributed by atoms with Crippen molar-refractivity contribution >= 4 is 51.4 Å². The van der Waals surface area contributed by atoms with Gasteiger partial charge in [0, 0.05) is 61.4 Å². The molecule has 5 aromatic heterocycles. The molecule has 52 heavy (non-hydrogen) atoms. The number of hydrogen-bond acceptors (Lipinski definition) is 4. The molecule has 0 spiro atoms. The van der Waals surface area contributed by atoms with Gasteiger partial charge in [0.05, 0.1) is 35.1 Å². The summed E-state index contributed by atoms with van der Waals surface area (Å²) in [5.74, 6) is 0.453. The molecule has 7 rings (SSSR count). The Morgan fingerprint density at radius 1 is 0.673 bits per heavy atom. The lowest BCUT2D eigenvalue weighted by Crippen LogP contribution is -2.55. The average Bonchev–Trinajstić information content (AvgIpc) is 3.57. The summed E-state index contributed by atoms with van der Waals surface area (Å²) in [6.45, 7) is 19.6. The highest BCUT2D eigenvalue weighted by Crippen LogP contribution is 2.36. The van der Waals surface area contributed by atoms with E-state index in [-0.39, 0.29) is 17.9 Å². The van der Waals surface area contributed by atoms with E-state index in [1.165, 1.54) is 10.9 Å². The van der Waals surface area contributed by atoms with Crippen molar-refractivity contribution in [2.45, 2.75) is 86.4 Å². The van der Waals surface area contributed by atoms with Crippen LogP contribution in [-0.4, -0.2) is 38.2 Å². The maximum Gasteiger partial charge on any atom is 0.202 e. The van der Waals surface area contributed by atoms with E-state index in [0.29, 0.717) is 17.4 Å². The summed E-state index contributed by atoms with van der Waals surface area (Å²) >= 11 is 0.